The zero-order valence-corrected chi connectivity index (χ0v) is 14.9. The predicted molar refractivity (Wildman–Crippen MR) is 99.8 cm³/mol. The Hall–Kier alpha value is -2.04. The van der Waals surface area contributed by atoms with E-state index in [0.717, 1.165) is 5.56 Å². The number of hydrogen-bond acceptors (Lipinski definition) is 3. The molecule has 4 nitrogen and oxygen atoms in total. The zero-order valence-electron chi connectivity index (χ0n) is 14.1. The summed E-state index contributed by atoms with van der Waals surface area (Å²) in [6.07, 6.45) is 0. The molecule has 5 heteroatoms. The average Bonchev–Trinajstić information content (AvgIpc) is 2.58. The van der Waals surface area contributed by atoms with E-state index in [1.807, 2.05) is 31.2 Å². The molecule has 3 N–H and O–H groups in total. The molecular weight excluding hydrogens is 324 g/mol. The Balaban J connectivity index is 0.00000288. The number of carbonyl (C=O) groups is 1. The molecule has 0 saturated heterocycles. The van der Waals surface area contributed by atoms with E-state index in [1.54, 1.807) is 12.1 Å². The van der Waals surface area contributed by atoms with Gasteiger partial charge < -0.3 is 15.8 Å². The van der Waals surface area contributed by atoms with Crippen LogP contribution in [0.1, 0.15) is 28.4 Å². The molecule has 0 aliphatic heterocycles. The second kappa shape index (κ2) is 9.96. The third-order valence-electron chi connectivity index (χ3n) is 3.60. The number of ether oxygens (including phenoxy) is 1. The van der Waals surface area contributed by atoms with E-state index in [0.29, 0.717) is 31.0 Å². The number of nitrogens with one attached hydrogen (secondary N) is 1. The molecule has 0 heterocycles. The van der Waals surface area contributed by atoms with Crippen LogP contribution in [0.3, 0.4) is 0 Å². The molecule has 2 aromatic rings. The highest BCUT2D eigenvalue weighted by Crippen LogP contribution is 2.16. The third kappa shape index (κ3) is 6.22. The van der Waals surface area contributed by atoms with Gasteiger partial charge in [0.25, 0.3) is 5.91 Å². The Bertz CT molecular complexity index is 661. The second-order valence-corrected chi connectivity index (χ2v) is 5.86. The van der Waals surface area contributed by atoms with E-state index in [2.05, 4.69) is 24.4 Å². The summed E-state index contributed by atoms with van der Waals surface area (Å²) >= 11 is 0. The van der Waals surface area contributed by atoms with Crippen LogP contribution in [0.5, 0.6) is 5.75 Å². The van der Waals surface area contributed by atoms with Crippen LogP contribution in [0.2, 0.25) is 0 Å². The van der Waals surface area contributed by atoms with Gasteiger partial charge in [-0.15, -0.1) is 12.4 Å². The number of benzene rings is 2. The van der Waals surface area contributed by atoms with Gasteiger partial charge in [-0.25, -0.2) is 0 Å². The number of aryl methyl sites for hydroxylation is 1. The Labute approximate surface area is 149 Å². The molecule has 0 aromatic heterocycles. The summed E-state index contributed by atoms with van der Waals surface area (Å²) < 4.78 is 5.78. The minimum absolute atomic E-state index is 0. The number of carbonyl (C=O) groups excluding carboxylic acids is 1. The Morgan fingerprint density at radius 1 is 1.21 bits per heavy atom. The van der Waals surface area contributed by atoms with Gasteiger partial charge in [-0.2, -0.15) is 0 Å². The second-order valence-electron chi connectivity index (χ2n) is 5.86. The van der Waals surface area contributed by atoms with Gasteiger partial charge in [-0.1, -0.05) is 42.8 Å². The van der Waals surface area contributed by atoms with Crippen molar-refractivity contribution in [1.29, 1.82) is 0 Å². The van der Waals surface area contributed by atoms with Crippen LogP contribution in [-0.2, 0) is 6.61 Å². The SMILES string of the molecule is Cc1cccc(COc2cccc(C(=O)NCC(C)CN)c2)c1.Cl. The van der Waals surface area contributed by atoms with Crippen molar-refractivity contribution in [2.24, 2.45) is 11.7 Å². The largest absolute Gasteiger partial charge is 0.489 e. The van der Waals surface area contributed by atoms with Crippen molar-refractivity contribution < 1.29 is 9.53 Å². The standard InChI is InChI=1S/C19H24N2O2.ClH/c1-14-5-3-6-16(9-14)13-23-18-8-4-7-17(10-18)19(22)21-12-15(2)11-20;/h3-10,15H,11-13,20H2,1-2H3,(H,21,22);1H. The van der Waals surface area contributed by atoms with Crippen molar-refractivity contribution in [3.63, 3.8) is 0 Å². The minimum atomic E-state index is -0.105. The lowest BCUT2D eigenvalue weighted by Crippen LogP contribution is -2.31. The topological polar surface area (TPSA) is 64.3 Å². The van der Waals surface area contributed by atoms with Crippen LogP contribution in [0.15, 0.2) is 48.5 Å². The molecule has 1 unspecified atom stereocenters. The Morgan fingerprint density at radius 2 is 1.96 bits per heavy atom. The fourth-order valence-corrected chi connectivity index (χ4v) is 2.15. The van der Waals surface area contributed by atoms with E-state index in [9.17, 15) is 4.79 Å². The van der Waals surface area contributed by atoms with E-state index in [1.165, 1.54) is 5.56 Å². The van der Waals surface area contributed by atoms with Gasteiger partial charge in [0.05, 0.1) is 0 Å². The zero-order chi connectivity index (χ0) is 16.7. The first-order chi connectivity index (χ1) is 11.1. The quantitative estimate of drug-likeness (QED) is 0.806. The summed E-state index contributed by atoms with van der Waals surface area (Å²) in [5, 5.41) is 2.88. The van der Waals surface area contributed by atoms with E-state index in [-0.39, 0.29) is 24.2 Å². The molecule has 0 bridgehead atoms. The smallest absolute Gasteiger partial charge is 0.251 e. The van der Waals surface area contributed by atoms with Crippen molar-refractivity contribution in [2.75, 3.05) is 13.1 Å². The molecule has 1 amide bonds. The summed E-state index contributed by atoms with van der Waals surface area (Å²) in [5.74, 6) is 0.844. The first-order valence-corrected chi connectivity index (χ1v) is 7.85. The van der Waals surface area contributed by atoms with Gasteiger partial charge in [0.1, 0.15) is 12.4 Å². The maximum atomic E-state index is 12.1. The Kier molecular flexibility index (Phi) is 8.30. The van der Waals surface area contributed by atoms with Crippen molar-refractivity contribution in [2.45, 2.75) is 20.5 Å². The fraction of sp³-hybridized carbons (Fsp3) is 0.316. The molecule has 130 valence electrons. The van der Waals surface area contributed by atoms with Crippen molar-refractivity contribution in [1.82, 2.24) is 5.32 Å². The summed E-state index contributed by atoms with van der Waals surface area (Å²) in [7, 11) is 0. The van der Waals surface area contributed by atoms with Gasteiger partial charge in [0, 0.05) is 12.1 Å². The number of nitrogens with two attached hydrogens (primary N) is 1. The highest BCUT2D eigenvalue weighted by molar-refractivity contribution is 5.94. The normalized spacial score (nSPS) is 11.3. The predicted octanol–water partition coefficient (Wildman–Crippen LogP) is 3.32. The van der Waals surface area contributed by atoms with Crippen LogP contribution < -0.4 is 15.8 Å². The van der Waals surface area contributed by atoms with E-state index >= 15 is 0 Å². The van der Waals surface area contributed by atoms with Gasteiger partial charge in [-0.3, -0.25) is 4.79 Å². The third-order valence-corrected chi connectivity index (χ3v) is 3.60. The Morgan fingerprint density at radius 3 is 2.67 bits per heavy atom. The highest BCUT2D eigenvalue weighted by atomic mass is 35.5. The van der Waals surface area contributed by atoms with Crippen molar-refractivity contribution >= 4 is 18.3 Å². The maximum Gasteiger partial charge on any atom is 0.251 e. The molecule has 0 spiro atoms. The van der Waals surface area contributed by atoms with Gasteiger partial charge >= 0.3 is 0 Å². The summed E-state index contributed by atoms with van der Waals surface area (Å²) in [4.78, 5) is 12.1. The summed E-state index contributed by atoms with van der Waals surface area (Å²) in [6, 6.07) is 15.4. The van der Waals surface area contributed by atoms with Crippen LogP contribution in [0.4, 0.5) is 0 Å². The number of rotatable bonds is 7. The van der Waals surface area contributed by atoms with E-state index in [4.69, 9.17) is 10.5 Å². The lowest BCUT2D eigenvalue weighted by molar-refractivity contribution is 0.0948. The molecule has 2 rings (SSSR count). The van der Waals surface area contributed by atoms with Gasteiger partial charge in [0.2, 0.25) is 0 Å². The number of hydrogen-bond donors (Lipinski definition) is 2. The molecule has 1 atom stereocenters. The molecule has 0 aliphatic carbocycles. The van der Waals surface area contributed by atoms with Crippen molar-refractivity contribution in [3.05, 3.63) is 65.2 Å². The lowest BCUT2D eigenvalue weighted by Gasteiger charge is -2.11. The molecule has 2 aromatic carbocycles. The monoisotopic (exact) mass is 348 g/mol. The first kappa shape index (κ1) is 20.0. The molecule has 0 radical (unpaired) electrons. The van der Waals surface area contributed by atoms with Crippen LogP contribution in [0.25, 0.3) is 0 Å². The van der Waals surface area contributed by atoms with Crippen molar-refractivity contribution in [3.8, 4) is 5.75 Å². The molecule has 0 aliphatic rings. The summed E-state index contributed by atoms with van der Waals surface area (Å²) in [6.45, 7) is 5.67. The average molecular weight is 349 g/mol. The fourth-order valence-electron chi connectivity index (χ4n) is 2.15. The van der Waals surface area contributed by atoms with Gasteiger partial charge in [0.15, 0.2) is 0 Å². The highest BCUT2D eigenvalue weighted by Gasteiger charge is 2.08. The molecule has 24 heavy (non-hydrogen) atoms. The maximum absolute atomic E-state index is 12.1. The lowest BCUT2D eigenvalue weighted by atomic mass is 10.1. The van der Waals surface area contributed by atoms with Gasteiger partial charge in [-0.05, 0) is 43.1 Å². The molecule has 0 fully saturated rings. The van der Waals surface area contributed by atoms with Crippen LogP contribution in [-0.4, -0.2) is 19.0 Å². The summed E-state index contributed by atoms with van der Waals surface area (Å²) in [5.41, 5.74) is 8.46. The number of halogens is 1. The van der Waals surface area contributed by atoms with E-state index < -0.39 is 0 Å². The minimum Gasteiger partial charge on any atom is -0.489 e. The molecule has 0 saturated carbocycles. The number of amides is 1. The molecular formula is C19H25ClN2O2. The first-order valence-electron chi connectivity index (χ1n) is 7.85. The van der Waals surface area contributed by atoms with Crippen LogP contribution in [0, 0.1) is 12.8 Å². The van der Waals surface area contributed by atoms with Crippen LogP contribution >= 0.6 is 12.4 Å².